The van der Waals surface area contributed by atoms with Crippen LogP contribution in [0.5, 0.6) is 0 Å². The zero-order valence-electron chi connectivity index (χ0n) is 3.95. The standard InChI is InChI=1S/C4H6Cl2O/c1-3(2-5)4(6)7/h3H,2H2,1H3. The molecule has 1 unspecified atom stereocenters. The van der Waals surface area contributed by atoms with E-state index in [1.165, 1.54) is 0 Å². The average Bonchev–Trinajstić information content (AvgIpc) is 1.65. The van der Waals surface area contributed by atoms with Gasteiger partial charge in [-0.1, -0.05) is 6.92 Å². The lowest BCUT2D eigenvalue weighted by molar-refractivity contribution is -0.114. The maximum atomic E-state index is 10.1. The summed E-state index contributed by atoms with van der Waals surface area (Å²) in [4.78, 5) is 10.1. The molecule has 0 aliphatic rings. The van der Waals surface area contributed by atoms with Crippen molar-refractivity contribution in [1.29, 1.82) is 0 Å². The summed E-state index contributed by atoms with van der Waals surface area (Å²) in [5.41, 5.74) is 0. The molecule has 7 heavy (non-hydrogen) atoms. The Balaban J connectivity index is 3.34. The number of hydrogen-bond donors (Lipinski definition) is 0. The van der Waals surface area contributed by atoms with Gasteiger partial charge in [-0.15, -0.1) is 11.6 Å². The summed E-state index contributed by atoms with van der Waals surface area (Å²) in [6, 6.07) is 0. The zero-order chi connectivity index (χ0) is 5.86. The van der Waals surface area contributed by atoms with Gasteiger partial charge >= 0.3 is 0 Å². The molecule has 0 aromatic rings. The van der Waals surface area contributed by atoms with Crippen LogP contribution in [0.1, 0.15) is 6.92 Å². The van der Waals surface area contributed by atoms with Gasteiger partial charge in [0.05, 0.1) is 0 Å². The van der Waals surface area contributed by atoms with E-state index in [4.69, 9.17) is 23.2 Å². The number of halogens is 2. The minimum absolute atomic E-state index is 0.205. The molecule has 0 heterocycles. The summed E-state index contributed by atoms with van der Waals surface area (Å²) in [6.07, 6.45) is 0. The predicted octanol–water partition coefficient (Wildman–Crippen LogP) is 1.63. The molecule has 0 bridgehead atoms. The van der Waals surface area contributed by atoms with E-state index in [0.717, 1.165) is 0 Å². The van der Waals surface area contributed by atoms with E-state index in [-0.39, 0.29) is 11.2 Å². The van der Waals surface area contributed by atoms with Crippen LogP contribution < -0.4 is 0 Å². The monoisotopic (exact) mass is 140 g/mol. The van der Waals surface area contributed by atoms with Crippen molar-refractivity contribution in [2.24, 2.45) is 5.92 Å². The van der Waals surface area contributed by atoms with Crippen LogP contribution >= 0.6 is 23.2 Å². The van der Waals surface area contributed by atoms with Gasteiger partial charge in [0.25, 0.3) is 0 Å². The molecule has 0 fully saturated rings. The Kier molecular flexibility index (Phi) is 3.39. The molecule has 0 aromatic carbocycles. The summed E-state index contributed by atoms with van der Waals surface area (Å²) in [6.45, 7) is 1.68. The fraction of sp³-hybridized carbons (Fsp3) is 0.750. The minimum atomic E-state index is -0.366. The largest absolute Gasteiger partial charge is 0.281 e. The van der Waals surface area contributed by atoms with Gasteiger partial charge in [0.1, 0.15) is 0 Å². The zero-order valence-corrected chi connectivity index (χ0v) is 5.46. The fourth-order valence-electron chi connectivity index (χ4n) is 0.0607. The molecule has 0 amide bonds. The Morgan fingerprint density at radius 2 is 2.29 bits per heavy atom. The van der Waals surface area contributed by atoms with E-state index in [9.17, 15) is 4.79 Å². The molecule has 1 nitrogen and oxygen atoms in total. The van der Waals surface area contributed by atoms with Gasteiger partial charge in [0, 0.05) is 11.8 Å². The lowest BCUT2D eigenvalue weighted by Gasteiger charge is -1.94. The lowest BCUT2D eigenvalue weighted by atomic mass is 10.3. The van der Waals surface area contributed by atoms with E-state index < -0.39 is 0 Å². The highest BCUT2D eigenvalue weighted by Crippen LogP contribution is 2.01. The van der Waals surface area contributed by atoms with E-state index in [2.05, 4.69) is 0 Å². The Morgan fingerprint density at radius 3 is 2.29 bits per heavy atom. The highest BCUT2D eigenvalue weighted by Gasteiger charge is 2.05. The number of rotatable bonds is 2. The van der Waals surface area contributed by atoms with Crippen molar-refractivity contribution in [2.45, 2.75) is 6.92 Å². The molecule has 0 aliphatic carbocycles. The first kappa shape index (κ1) is 7.25. The molecule has 0 radical (unpaired) electrons. The van der Waals surface area contributed by atoms with Gasteiger partial charge in [-0.3, -0.25) is 4.79 Å². The van der Waals surface area contributed by atoms with E-state index in [0.29, 0.717) is 5.88 Å². The van der Waals surface area contributed by atoms with Gasteiger partial charge in [0.15, 0.2) is 0 Å². The molecule has 1 atom stereocenters. The van der Waals surface area contributed by atoms with Crippen molar-refractivity contribution < 1.29 is 4.79 Å². The number of carbonyl (C=O) groups excluding carboxylic acids is 1. The van der Waals surface area contributed by atoms with Crippen LogP contribution in [-0.4, -0.2) is 11.1 Å². The lowest BCUT2D eigenvalue weighted by Crippen LogP contribution is -2.03. The predicted molar refractivity (Wildman–Crippen MR) is 30.7 cm³/mol. The van der Waals surface area contributed by atoms with Gasteiger partial charge in [-0.2, -0.15) is 0 Å². The summed E-state index contributed by atoms with van der Waals surface area (Å²) in [5.74, 6) is 0.103. The summed E-state index contributed by atoms with van der Waals surface area (Å²) >= 11 is 10.2. The molecule has 0 saturated heterocycles. The van der Waals surface area contributed by atoms with E-state index in [1.807, 2.05) is 0 Å². The molecular weight excluding hydrogens is 135 g/mol. The third kappa shape index (κ3) is 2.89. The SMILES string of the molecule is CC(CCl)C(=O)Cl. The van der Waals surface area contributed by atoms with Gasteiger partial charge < -0.3 is 0 Å². The van der Waals surface area contributed by atoms with Crippen LogP contribution in [0.3, 0.4) is 0 Å². The minimum Gasteiger partial charge on any atom is -0.281 e. The quantitative estimate of drug-likeness (QED) is 0.421. The first-order chi connectivity index (χ1) is 3.18. The van der Waals surface area contributed by atoms with Crippen LogP contribution in [0, 0.1) is 5.92 Å². The van der Waals surface area contributed by atoms with Crippen molar-refractivity contribution in [3.05, 3.63) is 0 Å². The Bertz CT molecular complexity index is 72.1. The first-order valence-electron chi connectivity index (χ1n) is 1.93. The van der Waals surface area contributed by atoms with Crippen molar-refractivity contribution in [2.75, 3.05) is 5.88 Å². The normalized spacial score (nSPS) is 13.6. The first-order valence-corrected chi connectivity index (χ1v) is 2.85. The van der Waals surface area contributed by atoms with Gasteiger partial charge in [-0.05, 0) is 11.6 Å². The molecular formula is C4H6Cl2O. The highest BCUT2D eigenvalue weighted by atomic mass is 35.5. The summed E-state index contributed by atoms with van der Waals surface area (Å²) < 4.78 is 0. The van der Waals surface area contributed by atoms with Crippen LogP contribution in [0.2, 0.25) is 0 Å². The van der Waals surface area contributed by atoms with Crippen molar-refractivity contribution in [3.63, 3.8) is 0 Å². The van der Waals surface area contributed by atoms with E-state index in [1.54, 1.807) is 6.92 Å². The maximum absolute atomic E-state index is 10.1. The van der Waals surface area contributed by atoms with Crippen LogP contribution in [-0.2, 0) is 4.79 Å². The smallest absolute Gasteiger partial charge is 0.225 e. The third-order valence-corrected chi connectivity index (χ3v) is 1.45. The molecule has 3 heteroatoms. The van der Waals surface area contributed by atoms with Crippen molar-refractivity contribution in [3.8, 4) is 0 Å². The second-order valence-electron chi connectivity index (χ2n) is 1.36. The number of carbonyl (C=O) groups is 1. The molecule has 0 saturated carbocycles. The topological polar surface area (TPSA) is 17.1 Å². The summed E-state index contributed by atoms with van der Waals surface area (Å²) in [7, 11) is 0. The second kappa shape index (κ2) is 3.28. The molecule has 0 aliphatic heterocycles. The van der Waals surface area contributed by atoms with Gasteiger partial charge in [0.2, 0.25) is 5.24 Å². The second-order valence-corrected chi connectivity index (χ2v) is 2.04. The molecule has 0 rings (SSSR count). The third-order valence-electron chi connectivity index (χ3n) is 0.619. The Labute approximate surface area is 52.6 Å². The molecule has 0 N–H and O–H groups in total. The van der Waals surface area contributed by atoms with Gasteiger partial charge in [-0.25, -0.2) is 0 Å². The van der Waals surface area contributed by atoms with Crippen LogP contribution in [0.25, 0.3) is 0 Å². The number of hydrogen-bond acceptors (Lipinski definition) is 1. The molecule has 0 aromatic heterocycles. The summed E-state index contributed by atoms with van der Waals surface area (Å²) in [5, 5.41) is -0.366. The van der Waals surface area contributed by atoms with Crippen LogP contribution in [0.15, 0.2) is 0 Å². The van der Waals surface area contributed by atoms with Crippen molar-refractivity contribution >= 4 is 28.4 Å². The van der Waals surface area contributed by atoms with Crippen LogP contribution in [0.4, 0.5) is 0 Å². The highest BCUT2D eigenvalue weighted by molar-refractivity contribution is 6.64. The number of alkyl halides is 1. The Morgan fingerprint density at radius 1 is 1.86 bits per heavy atom. The molecule has 42 valence electrons. The average molecular weight is 141 g/mol. The maximum Gasteiger partial charge on any atom is 0.225 e. The molecule has 0 spiro atoms. The van der Waals surface area contributed by atoms with E-state index >= 15 is 0 Å². The van der Waals surface area contributed by atoms with Crippen molar-refractivity contribution in [1.82, 2.24) is 0 Å². The fourth-order valence-corrected chi connectivity index (χ4v) is 0.357. The Hall–Kier alpha value is 0.250.